The Morgan fingerprint density at radius 2 is 1.59 bits per heavy atom. The van der Waals surface area contributed by atoms with Crippen molar-refractivity contribution in [3.05, 3.63) is 12.2 Å². The van der Waals surface area contributed by atoms with E-state index in [1.165, 1.54) is 4.90 Å². The number of allylic oxidation sites excluding steroid dienone is 2. The van der Waals surface area contributed by atoms with E-state index in [0.29, 0.717) is 45.2 Å². The van der Waals surface area contributed by atoms with Crippen molar-refractivity contribution < 1.29 is 23.9 Å². The molecule has 1 aliphatic carbocycles. The first kappa shape index (κ1) is 24.3. The number of ether oxygens (including phenoxy) is 1. The lowest BCUT2D eigenvalue weighted by molar-refractivity contribution is -0.152. The predicted octanol–water partition coefficient (Wildman–Crippen LogP) is 2.87. The lowest BCUT2D eigenvalue weighted by Gasteiger charge is -2.37. The molecule has 8 nitrogen and oxygen atoms in total. The third-order valence-electron chi connectivity index (χ3n) is 6.36. The number of alkyl carbamates (subject to hydrolysis) is 1. The summed E-state index contributed by atoms with van der Waals surface area (Å²) in [7, 11) is 0. The number of carbonyl (C=O) groups is 4. The number of imide groups is 1. The minimum Gasteiger partial charge on any atom is -0.444 e. The van der Waals surface area contributed by atoms with E-state index in [0.717, 1.165) is 0 Å². The highest BCUT2D eigenvalue weighted by Gasteiger charge is 2.51. The van der Waals surface area contributed by atoms with Crippen LogP contribution in [0.4, 0.5) is 4.79 Å². The van der Waals surface area contributed by atoms with Gasteiger partial charge in [-0.3, -0.25) is 19.3 Å². The average Bonchev–Trinajstić information content (AvgIpc) is 2.95. The Morgan fingerprint density at radius 1 is 1.06 bits per heavy atom. The molecule has 0 saturated carbocycles. The van der Waals surface area contributed by atoms with Gasteiger partial charge in [0.25, 0.3) is 0 Å². The van der Waals surface area contributed by atoms with E-state index in [2.05, 4.69) is 5.32 Å². The van der Waals surface area contributed by atoms with Gasteiger partial charge in [0.2, 0.25) is 17.7 Å². The molecule has 8 heteroatoms. The van der Waals surface area contributed by atoms with Crippen LogP contribution in [0.1, 0.15) is 66.7 Å². The van der Waals surface area contributed by atoms with Crippen LogP contribution < -0.4 is 5.32 Å². The van der Waals surface area contributed by atoms with Crippen molar-refractivity contribution in [1.82, 2.24) is 15.1 Å². The third kappa shape index (κ3) is 5.51. The summed E-state index contributed by atoms with van der Waals surface area (Å²) in [6, 6.07) is -0.822. The van der Waals surface area contributed by atoms with E-state index in [4.69, 9.17) is 4.74 Å². The van der Waals surface area contributed by atoms with Gasteiger partial charge in [-0.2, -0.15) is 0 Å². The average molecular weight is 448 g/mol. The molecule has 3 unspecified atom stereocenters. The molecule has 0 aromatic rings. The number of nitrogens with zero attached hydrogens (tertiary/aromatic N) is 2. The van der Waals surface area contributed by atoms with Gasteiger partial charge in [-0.1, -0.05) is 26.0 Å². The van der Waals surface area contributed by atoms with E-state index in [9.17, 15) is 19.2 Å². The van der Waals surface area contributed by atoms with Crippen LogP contribution in [0, 0.1) is 17.8 Å². The van der Waals surface area contributed by atoms with Crippen LogP contribution in [0.3, 0.4) is 0 Å². The first-order valence-corrected chi connectivity index (χ1v) is 11.8. The number of hydrogen-bond acceptors (Lipinski definition) is 5. The van der Waals surface area contributed by atoms with Crippen LogP contribution >= 0.6 is 0 Å². The number of piperidine rings is 1. The second-order valence-corrected chi connectivity index (χ2v) is 10.6. The second-order valence-electron chi connectivity index (χ2n) is 10.6. The normalized spacial score (nSPS) is 25.2. The van der Waals surface area contributed by atoms with Gasteiger partial charge >= 0.3 is 6.09 Å². The molecule has 1 N–H and O–H groups in total. The monoisotopic (exact) mass is 447 g/mol. The van der Waals surface area contributed by atoms with Gasteiger partial charge in [0.05, 0.1) is 11.8 Å². The molecule has 0 radical (unpaired) electrons. The smallest absolute Gasteiger partial charge is 0.407 e. The van der Waals surface area contributed by atoms with Crippen molar-refractivity contribution in [2.45, 2.75) is 84.4 Å². The minimum absolute atomic E-state index is 0.0681. The van der Waals surface area contributed by atoms with Gasteiger partial charge in [-0.15, -0.1) is 0 Å². The summed E-state index contributed by atoms with van der Waals surface area (Å²) in [5.74, 6) is -1.08. The Bertz CT molecular complexity index is 751. The molecule has 2 aliphatic heterocycles. The predicted molar refractivity (Wildman–Crippen MR) is 119 cm³/mol. The van der Waals surface area contributed by atoms with Crippen LogP contribution in [-0.4, -0.2) is 64.4 Å². The minimum atomic E-state index is -0.754. The first-order valence-electron chi connectivity index (χ1n) is 11.8. The zero-order valence-electron chi connectivity index (χ0n) is 19.9. The molecule has 2 saturated heterocycles. The summed E-state index contributed by atoms with van der Waals surface area (Å²) in [4.78, 5) is 54.7. The molecule has 178 valence electrons. The van der Waals surface area contributed by atoms with Crippen LogP contribution in [0.25, 0.3) is 0 Å². The molecule has 0 spiro atoms. The molecule has 0 aromatic carbocycles. The molecule has 4 amide bonds. The molecular formula is C24H37N3O5. The standard InChI is InChI=1S/C24H37N3O5/c1-15(2)14-19(27-20(28)17-8-6-7-9-18(17)21(27)29)22(30)26-12-10-16(11-13-26)25-23(31)32-24(3,4)5/h6-7,15-19H,8-14H2,1-5H3,(H,25,31). The van der Waals surface area contributed by atoms with Gasteiger partial charge < -0.3 is 15.0 Å². The summed E-state index contributed by atoms with van der Waals surface area (Å²) in [5.41, 5.74) is -0.563. The van der Waals surface area contributed by atoms with Gasteiger partial charge in [0.15, 0.2) is 0 Å². The SMILES string of the molecule is CC(C)CC(C(=O)N1CCC(NC(=O)OC(C)(C)C)CC1)N1C(=O)C2CC=CCC2C1=O. The molecule has 0 bridgehead atoms. The summed E-state index contributed by atoms with van der Waals surface area (Å²) in [6.45, 7) is 10.4. The second kappa shape index (κ2) is 9.63. The molecule has 32 heavy (non-hydrogen) atoms. The quantitative estimate of drug-likeness (QED) is 0.516. The third-order valence-corrected chi connectivity index (χ3v) is 6.36. The zero-order chi connectivity index (χ0) is 23.6. The van der Waals surface area contributed by atoms with Crippen molar-refractivity contribution in [2.75, 3.05) is 13.1 Å². The topological polar surface area (TPSA) is 96.0 Å². The molecular weight excluding hydrogens is 410 g/mol. The molecule has 3 rings (SSSR count). The lowest BCUT2D eigenvalue weighted by atomic mass is 9.85. The highest BCUT2D eigenvalue weighted by molar-refractivity contribution is 6.08. The van der Waals surface area contributed by atoms with Crippen molar-refractivity contribution >= 4 is 23.8 Å². The van der Waals surface area contributed by atoms with E-state index in [-0.39, 0.29) is 41.5 Å². The summed E-state index contributed by atoms with van der Waals surface area (Å²) >= 11 is 0. The Morgan fingerprint density at radius 3 is 2.06 bits per heavy atom. The Hall–Kier alpha value is -2.38. The molecule has 2 heterocycles. The molecule has 2 fully saturated rings. The number of nitrogens with one attached hydrogen (secondary N) is 1. The summed E-state index contributed by atoms with van der Waals surface area (Å²) in [6.07, 6.45) is 6.26. The van der Waals surface area contributed by atoms with Gasteiger partial charge in [-0.25, -0.2) is 4.79 Å². The van der Waals surface area contributed by atoms with Crippen molar-refractivity contribution in [3.8, 4) is 0 Å². The summed E-state index contributed by atoms with van der Waals surface area (Å²) < 4.78 is 5.32. The number of amides is 4. The van der Waals surface area contributed by atoms with Crippen LogP contribution in [-0.2, 0) is 19.1 Å². The first-order chi connectivity index (χ1) is 15.0. The summed E-state index contributed by atoms with van der Waals surface area (Å²) in [5, 5.41) is 2.87. The maximum Gasteiger partial charge on any atom is 0.407 e. The Kier molecular flexibility index (Phi) is 7.30. The number of likely N-dealkylation sites (tertiary alicyclic amines) is 2. The zero-order valence-corrected chi connectivity index (χ0v) is 19.9. The fourth-order valence-electron chi connectivity index (χ4n) is 4.83. The Balaban J connectivity index is 1.64. The van der Waals surface area contributed by atoms with Crippen LogP contribution in [0.2, 0.25) is 0 Å². The van der Waals surface area contributed by atoms with Crippen LogP contribution in [0.5, 0.6) is 0 Å². The van der Waals surface area contributed by atoms with Crippen LogP contribution in [0.15, 0.2) is 12.2 Å². The fourth-order valence-corrected chi connectivity index (χ4v) is 4.83. The van der Waals surface area contributed by atoms with Crippen molar-refractivity contribution in [2.24, 2.45) is 17.8 Å². The molecule has 3 atom stereocenters. The number of rotatable bonds is 5. The maximum absolute atomic E-state index is 13.5. The number of carbonyl (C=O) groups excluding carboxylic acids is 4. The Labute approximate surface area is 190 Å². The maximum atomic E-state index is 13.5. The van der Waals surface area contributed by atoms with E-state index in [1.54, 1.807) is 4.90 Å². The van der Waals surface area contributed by atoms with Gasteiger partial charge in [0.1, 0.15) is 11.6 Å². The number of fused-ring (bicyclic) bond motifs is 1. The highest BCUT2D eigenvalue weighted by Crippen LogP contribution is 2.37. The van der Waals surface area contributed by atoms with Crippen molar-refractivity contribution in [3.63, 3.8) is 0 Å². The largest absolute Gasteiger partial charge is 0.444 e. The van der Waals surface area contributed by atoms with E-state index in [1.807, 2.05) is 46.8 Å². The number of hydrogen-bond donors (Lipinski definition) is 1. The van der Waals surface area contributed by atoms with E-state index >= 15 is 0 Å². The van der Waals surface area contributed by atoms with E-state index < -0.39 is 17.7 Å². The fraction of sp³-hybridized carbons (Fsp3) is 0.750. The van der Waals surface area contributed by atoms with Gasteiger partial charge in [-0.05, 0) is 58.8 Å². The molecule has 3 aliphatic rings. The highest BCUT2D eigenvalue weighted by atomic mass is 16.6. The van der Waals surface area contributed by atoms with Gasteiger partial charge in [0, 0.05) is 19.1 Å². The molecule has 0 aromatic heterocycles. The van der Waals surface area contributed by atoms with Crippen molar-refractivity contribution in [1.29, 1.82) is 0 Å². The lowest BCUT2D eigenvalue weighted by Crippen LogP contribution is -2.55.